The highest BCUT2D eigenvalue weighted by atomic mass is 32.1. The fourth-order valence-electron chi connectivity index (χ4n) is 4.23. The summed E-state index contributed by atoms with van der Waals surface area (Å²) in [6.07, 6.45) is 3.39. The minimum Gasteiger partial charge on any atom is -0.487 e. The number of thiazole rings is 1. The van der Waals surface area contributed by atoms with Crippen LogP contribution in [0.15, 0.2) is 12.1 Å². The van der Waals surface area contributed by atoms with Crippen LogP contribution in [0.4, 0.5) is 9.52 Å². The van der Waals surface area contributed by atoms with Crippen LogP contribution in [0.5, 0.6) is 5.75 Å². The molecule has 1 aromatic heterocycles. The van der Waals surface area contributed by atoms with Crippen LogP contribution in [0, 0.1) is 5.82 Å². The molecular weight excluding hydrogens is 421 g/mol. The van der Waals surface area contributed by atoms with Gasteiger partial charge in [-0.15, -0.1) is 0 Å². The lowest BCUT2D eigenvalue weighted by molar-refractivity contribution is -0.120. The molecule has 2 aromatic rings. The van der Waals surface area contributed by atoms with E-state index in [0.717, 1.165) is 30.8 Å². The Hall–Kier alpha value is -1.97. The number of β-amino-alcohol motifs (C(OH)–C–C–N with tert-alkyl or cyclic N) is 1. The monoisotopic (exact) mass is 451 g/mol. The Labute approximate surface area is 185 Å². The van der Waals surface area contributed by atoms with Gasteiger partial charge in [0.05, 0.1) is 47.7 Å². The number of fused-ring (bicyclic) bond motifs is 1. The van der Waals surface area contributed by atoms with Crippen LogP contribution in [0.25, 0.3) is 10.2 Å². The van der Waals surface area contributed by atoms with E-state index in [0.29, 0.717) is 29.9 Å². The molecular formula is C22H30FN3O4S. The fourth-order valence-corrected chi connectivity index (χ4v) is 5.23. The van der Waals surface area contributed by atoms with Crippen molar-refractivity contribution >= 4 is 32.6 Å². The summed E-state index contributed by atoms with van der Waals surface area (Å²) in [4.78, 5) is 17.5. The Morgan fingerprint density at radius 2 is 2.03 bits per heavy atom. The van der Waals surface area contributed by atoms with Gasteiger partial charge in [-0.1, -0.05) is 11.3 Å². The van der Waals surface area contributed by atoms with E-state index in [1.54, 1.807) is 19.1 Å². The predicted molar refractivity (Wildman–Crippen MR) is 118 cm³/mol. The number of benzene rings is 1. The van der Waals surface area contributed by atoms with Crippen LogP contribution < -0.4 is 15.0 Å². The van der Waals surface area contributed by atoms with Crippen LogP contribution in [0.2, 0.25) is 0 Å². The average molecular weight is 452 g/mol. The molecule has 2 aliphatic rings. The first-order chi connectivity index (χ1) is 14.7. The van der Waals surface area contributed by atoms with Crippen molar-refractivity contribution in [2.45, 2.75) is 70.3 Å². The van der Waals surface area contributed by atoms with Gasteiger partial charge in [0.25, 0.3) is 0 Å². The maximum Gasteiger partial charge on any atom is 0.217 e. The lowest BCUT2D eigenvalue weighted by Gasteiger charge is -2.43. The zero-order chi connectivity index (χ0) is 22.2. The topological polar surface area (TPSA) is 83.9 Å². The van der Waals surface area contributed by atoms with Crippen LogP contribution >= 0.6 is 11.3 Å². The summed E-state index contributed by atoms with van der Waals surface area (Å²) in [6.45, 7) is 6.70. The number of hydrogen-bond acceptors (Lipinski definition) is 7. The van der Waals surface area contributed by atoms with Crippen LogP contribution in [-0.4, -0.2) is 59.5 Å². The van der Waals surface area contributed by atoms with Crippen LogP contribution in [0.3, 0.4) is 0 Å². The molecule has 1 aromatic carbocycles. The molecule has 1 aliphatic heterocycles. The highest BCUT2D eigenvalue weighted by Crippen LogP contribution is 2.38. The number of ether oxygens (including phenoxy) is 2. The van der Waals surface area contributed by atoms with E-state index in [9.17, 15) is 9.90 Å². The molecule has 1 saturated heterocycles. The molecule has 2 N–H and O–H groups in total. The van der Waals surface area contributed by atoms with Gasteiger partial charge in [0.1, 0.15) is 0 Å². The second-order valence-corrected chi connectivity index (χ2v) is 10.0. The SMILES string of the molecule is CC(=O)N[C@@H](C)CO[C@H]1CC[C@H](Oc2ccc3nc(N4CC(C)(O)C4)sc3c2F)CC1. The molecule has 7 nitrogen and oxygen atoms in total. The van der Waals surface area contributed by atoms with Gasteiger partial charge in [0.15, 0.2) is 16.7 Å². The van der Waals surface area contributed by atoms with Gasteiger partial charge in [-0.3, -0.25) is 4.79 Å². The van der Waals surface area contributed by atoms with E-state index in [1.807, 2.05) is 11.8 Å². The zero-order valence-corrected chi connectivity index (χ0v) is 19.0. The van der Waals surface area contributed by atoms with E-state index in [2.05, 4.69) is 10.3 Å². The Kier molecular flexibility index (Phi) is 6.37. The molecule has 1 aliphatic carbocycles. The first kappa shape index (κ1) is 22.2. The standard InChI is InChI=1S/C22H30FN3O4S/c1-13(24-14(2)27)10-29-15-4-6-16(7-5-15)30-18-9-8-17-20(19(18)23)31-21(25-17)26-11-22(3,28)12-26/h8-9,13,15-16,28H,4-7,10-12H2,1-3H3,(H,24,27)/t13-,15-,16-/m0/s1. The molecule has 1 saturated carbocycles. The number of carbonyl (C=O) groups excluding carboxylic acids is 1. The zero-order valence-electron chi connectivity index (χ0n) is 18.2. The third-order valence-corrected chi connectivity index (χ3v) is 6.85. The number of halogens is 1. The van der Waals surface area contributed by atoms with Crippen molar-refractivity contribution in [2.75, 3.05) is 24.6 Å². The quantitative estimate of drug-likeness (QED) is 0.673. The summed E-state index contributed by atoms with van der Waals surface area (Å²) in [5, 5.41) is 13.5. The first-order valence-electron chi connectivity index (χ1n) is 10.8. The number of rotatable bonds is 7. The highest BCUT2D eigenvalue weighted by molar-refractivity contribution is 7.22. The number of aliphatic hydroxyl groups is 1. The summed E-state index contributed by atoms with van der Waals surface area (Å²) in [5.41, 5.74) is -0.0864. The molecule has 170 valence electrons. The highest BCUT2D eigenvalue weighted by Gasteiger charge is 2.38. The van der Waals surface area contributed by atoms with Gasteiger partial charge in [0.2, 0.25) is 5.91 Å². The summed E-state index contributed by atoms with van der Waals surface area (Å²) >= 11 is 1.30. The first-order valence-corrected chi connectivity index (χ1v) is 11.6. The van der Waals surface area contributed by atoms with Crippen molar-refractivity contribution in [1.82, 2.24) is 10.3 Å². The predicted octanol–water partition coefficient (Wildman–Crippen LogP) is 3.24. The molecule has 0 unspecified atom stereocenters. The molecule has 0 radical (unpaired) electrons. The Morgan fingerprint density at radius 3 is 2.68 bits per heavy atom. The maximum atomic E-state index is 15.1. The second-order valence-electron chi connectivity index (χ2n) is 9.03. The second kappa shape index (κ2) is 8.88. The maximum absolute atomic E-state index is 15.1. The Balaban J connectivity index is 1.31. The number of nitrogens with one attached hydrogen (secondary N) is 1. The van der Waals surface area contributed by atoms with E-state index in [4.69, 9.17) is 9.47 Å². The van der Waals surface area contributed by atoms with Gasteiger partial charge < -0.3 is 24.8 Å². The Bertz CT molecular complexity index is 934. The summed E-state index contributed by atoms with van der Waals surface area (Å²) < 4.78 is 27.5. The number of amides is 1. The number of anilines is 1. The molecule has 0 bridgehead atoms. The molecule has 31 heavy (non-hydrogen) atoms. The van der Waals surface area contributed by atoms with Crippen LogP contribution in [-0.2, 0) is 9.53 Å². The van der Waals surface area contributed by atoms with Crippen molar-refractivity contribution in [3.8, 4) is 5.75 Å². The summed E-state index contributed by atoms with van der Waals surface area (Å²) in [6, 6.07) is 3.44. The van der Waals surface area contributed by atoms with Crippen molar-refractivity contribution in [1.29, 1.82) is 0 Å². The van der Waals surface area contributed by atoms with Gasteiger partial charge in [0, 0.05) is 13.0 Å². The lowest BCUT2D eigenvalue weighted by Crippen LogP contribution is -2.60. The van der Waals surface area contributed by atoms with Crippen molar-refractivity contribution in [3.05, 3.63) is 17.9 Å². The third-order valence-electron chi connectivity index (χ3n) is 5.73. The van der Waals surface area contributed by atoms with Gasteiger partial charge in [-0.05, 0) is 51.7 Å². The third kappa shape index (κ3) is 5.27. The molecule has 1 amide bonds. The molecule has 0 spiro atoms. The number of carbonyl (C=O) groups is 1. The number of aromatic nitrogens is 1. The van der Waals surface area contributed by atoms with Crippen molar-refractivity contribution in [2.24, 2.45) is 0 Å². The van der Waals surface area contributed by atoms with E-state index in [-0.39, 0.29) is 35.7 Å². The van der Waals surface area contributed by atoms with Crippen molar-refractivity contribution in [3.63, 3.8) is 0 Å². The summed E-state index contributed by atoms with van der Waals surface area (Å²) in [7, 11) is 0. The summed E-state index contributed by atoms with van der Waals surface area (Å²) in [5.74, 6) is -0.157. The van der Waals surface area contributed by atoms with E-state index in [1.165, 1.54) is 18.3 Å². The van der Waals surface area contributed by atoms with Gasteiger partial charge in [-0.25, -0.2) is 9.37 Å². The Morgan fingerprint density at radius 1 is 1.35 bits per heavy atom. The van der Waals surface area contributed by atoms with Crippen molar-refractivity contribution < 1.29 is 23.8 Å². The smallest absolute Gasteiger partial charge is 0.217 e. The largest absolute Gasteiger partial charge is 0.487 e. The molecule has 9 heteroatoms. The van der Waals surface area contributed by atoms with Crippen LogP contribution in [0.1, 0.15) is 46.5 Å². The minimum atomic E-state index is -0.699. The number of nitrogens with zero attached hydrogens (tertiary/aromatic N) is 2. The number of hydrogen-bond donors (Lipinski definition) is 2. The molecule has 2 heterocycles. The van der Waals surface area contributed by atoms with E-state index >= 15 is 4.39 Å². The lowest BCUT2D eigenvalue weighted by atomic mass is 9.95. The average Bonchev–Trinajstić information content (AvgIpc) is 3.12. The normalized spacial score (nSPS) is 24.0. The molecule has 1 atom stereocenters. The molecule has 4 rings (SSSR count). The minimum absolute atomic E-state index is 0.0148. The van der Waals surface area contributed by atoms with E-state index < -0.39 is 5.60 Å². The van der Waals surface area contributed by atoms with Gasteiger partial charge >= 0.3 is 0 Å². The fraction of sp³-hybridized carbons (Fsp3) is 0.636. The van der Waals surface area contributed by atoms with Gasteiger partial charge in [-0.2, -0.15) is 0 Å². The molecule has 2 fully saturated rings.